The third-order valence-electron chi connectivity index (χ3n) is 7.52. The van der Waals surface area contributed by atoms with Crippen LogP contribution in [0.4, 0.5) is 4.79 Å². The van der Waals surface area contributed by atoms with Crippen LogP contribution in [0.3, 0.4) is 0 Å². The Morgan fingerprint density at radius 2 is 2.05 bits per heavy atom. The molecule has 12 heteroatoms. The first-order valence-electron chi connectivity index (χ1n) is 12.9. The molecule has 5 heterocycles. The lowest BCUT2D eigenvalue weighted by Crippen LogP contribution is -2.63. The van der Waals surface area contributed by atoms with Crippen LogP contribution in [0.2, 0.25) is 0 Å². The molecule has 5 rings (SSSR count). The lowest BCUT2D eigenvalue weighted by Gasteiger charge is -2.46. The zero-order valence-electron chi connectivity index (χ0n) is 21.9. The quantitative estimate of drug-likeness (QED) is 0.262. The largest absolute Gasteiger partial charge is 0.457 e. The van der Waals surface area contributed by atoms with Crippen LogP contribution in [0.1, 0.15) is 26.1 Å². The fourth-order valence-electron chi connectivity index (χ4n) is 5.79. The van der Waals surface area contributed by atoms with Gasteiger partial charge in [0.25, 0.3) is 0 Å². The molecule has 3 aliphatic rings. The number of likely N-dealkylation sites (tertiary alicyclic amines) is 1. The Bertz CT molecular complexity index is 1330. The van der Waals surface area contributed by atoms with E-state index in [-0.39, 0.29) is 48.1 Å². The predicted molar refractivity (Wildman–Crippen MR) is 148 cm³/mol. The van der Waals surface area contributed by atoms with E-state index in [4.69, 9.17) is 9.47 Å². The van der Waals surface area contributed by atoms with E-state index >= 15 is 0 Å². The molecule has 2 aromatic heterocycles. The summed E-state index contributed by atoms with van der Waals surface area (Å²) >= 11 is 3.10. The van der Waals surface area contributed by atoms with Crippen molar-refractivity contribution in [1.82, 2.24) is 19.2 Å². The highest BCUT2D eigenvalue weighted by atomic mass is 32.2. The second-order valence-electron chi connectivity index (χ2n) is 9.99. The highest BCUT2D eigenvalue weighted by Crippen LogP contribution is 2.52. The number of hydrogen-bond donors (Lipinski definition) is 1. The monoisotopic (exact) mass is 572 g/mol. The molecule has 6 atom stereocenters. The Hall–Kier alpha value is -3.09. The molecule has 208 valence electrons. The minimum Gasteiger partial charge on any atom is -0.457 e. The Labute approximate surface area is 235 Å². The molecule has 2 amide bonds. The maximum Gasteiger partial charge on any atom is 0.410 e. The Kier molecular flexibility index (Phi) is 7.88. The van der Waals surface area contributed by atoms with Crippen molar-refractivity contribution in [3.8, 4) is 0 Å². The summed E-state index contributed by atoms with van der Waals surface area (Å²) in [6.45, 7) is 11.3. The number of rotatable bonds is 10. The van der Waals surface area contributed by atoms with Crippen molar-refractivity contribution in [2.24, 2.45) is 11.8 Å². The molecule has 0 unspecified atom stereocenters. The number of aliphatic hydroxyl groups excluding tert-OH is 1. The van der Waals surface area contributed by atoms with Gasteiger partial charge in [-0.25, -0.2) is 14.6 Å². The molecule has 0 aromatic carbocycles. The summed E-state index contributed by atoms with van der Waals surface area (Å²) in [5.41, 5.74) is 0.235. The third-order valence-corrected chi connectivity index (χ3v) is 9.81. The molecule has 1 N–H and O–H groups in total. The van der Waals surface area contributed by atoms with Gasteiger partial charge in [0.05, 0.1) is 24.3 Å². The number of carbonyl (C=O) groups is 3. The summed E-state index contributed by atoms with van der Waals surface area (Å²) in [6, 6.07) is -0.475. The molecule has 2 saturated heterocycles. The third kappa shape index (κ3) is 4.89. The van der Waals surface area contributed by atoms with E-state index in [0.29, 0.717) is 19.4 Å². The summed E-state index contributed by atoms with van der Waals surface area (Å²) in [6.07, 6.45) is 6.75. The van der Waals surface area contributed by atoms with E-state index in [1.807, 2.05) is 29.1 Å². The fraction of sp³-hybridized carbons (Fsp3) is 0.481. The van der Waals surface area contributed by atoms with Gasteiger partial charge in [-0.2, -0.15) is 0 Å². The van der Waals surface area contributed by atoms with Crippen molar-refractivity contribution in [3.05, 3.63) is 59.5 Å². The molecule has 10 nitrogen and oxygen atoms in total. The van der Waals surface area contributed by atoms with Crippen LogP contribution < -0.4 is 0 Å². The van der Waals surface area contributed by atoms with Crippen LogP contribution in [-0.2, 0) is 25.5 Å². The number of thioether (sulfide) groups is 1. The van der Waals surface area contributed by atoms with Crippen LogP contribution in [0.25, 0.3) is 4.83 Å². The molecule has 0 radical (unpaired) electrons. The number of thiazole rings is 1. The van der Waals surface area contributed by atoms with Crippen LogP contribution in [0.15, 0.2) is 53.7 Å². The topological polar surface area (TPSA) is 114 Å². The van der Waals surface area contributed by atoms with Crippen molar-refractivity contribution >= 4 is 45.9 Å². The van der Waals surface area contributed by atoms with Crippen molar-refractivity contribution in [1.29, 1.82) is 0 Å². The molecule has 0 bridgehead atoms. The average molecular weight is 573 g/mol. The lowest BCUT2D eigenvalue weighted by molar-refractivity contribution is -0.164. The first-order valence-corrected chi connectivity index (χ1v) is 14.7. The van der Waals surface area contributed by atoms with Gasteiger partial charge < -0.3 is 24.4 Å². The summed E-state index contributed by atoms with van der Waals surface area (Å²) in [4.78, 5) is 48.6. The zero-order valence-corrected chi connectivity index (χ0v) is 23.5. The van der Waals surface area contributed by atoms with Gasteiger partial charge in [-0.05, 0) is 13.3 Å². The minimum atomic E-state index is -0.828. The second kappa shape index (κ2) is 11.2. The standard InChI is InChI=1S/C27H32N4O6S2/c1-5-8-36-26(34)23-24(15(3)22-21(16(4)32)25(33)31(22)23)39-18-11-17(30(14-18)27(35)37-9-6-2)12-19-28-13-20-29(19)7-10-38-20/h5-7,10,13,15-18,21-22,32H,1-2,8-9,11-12,14H2,3-4H3/t15-,16-,17+,18+,21-,22-/m1/s1. The van der Waals surface area contributed by atoms with E-state index < -0.39 is 24.1 Å². The summed E-state index contributed by atoms with van der Waals surface area (Å²) in [7, 11) is 0. The molecule has 0 aliphatic carbocycles. The van der Waals surface area contributed by atoms with Crippen LogP contribution in [-0.4, -0.2) is 85.5 Å². The fourth-order valence-corrected chi connectivity index (χ4v) is 8.07. The molecular weight excluding hydrogens is 540 g/mol. The first kappa shape index (κ1) is 27.5. The van der Waals surface area contributed by atoms with Crippen LogP contribution in [0.5, 0.6) is 0 Å². The number of carbonyl (C=O) groups excluding carboxylic acids is 3. The van der Waals surface area contributed by atoms with Crippen molar-refractivity contribution in [2.75, 3.05) is 19.8 Å². The number of hydrogen-bond acceptors (Lipinski definition) is 9. The molecular formula is C27H32N4O6S2. The van der Waals surface area contributed by atoms with Gasteiger partial charge in [0.15, 0.2) is 0 Å². The SMILES string of the molecule is C=CCOC(=O)C1=C(S[C@H]2C[C@@H](Cc3ncc4sccn34)N(C(=O)OCC=C)C2)[C@H](C)[C@@H]2[C@@H]([C@@H](C)O)C(=O)N12. The van der Waals surface area contributed by atoms with Crippen molar-refractivity contribution in [2.45, 2.75) is 50.1 Å². The highest BCUT2D eigenvalue weighted by molar-refractivity contribution is 8.03. The van der Waals surface area contributed by atoms with Gasteiger partial charge in [0, 0.05) is 46.7 Å². The Morgan fingerprint density at radius 1 is 1.31 bits per heavy atom. The maximum absolute atomic E-state index is 13.1. The average Bonchev–Trinajstić information content (AvgIpc) is 3.66. The number of esters is 1. The van der Waals surface area contributed by atoms with Crippen LogP contribution >= 0.6 is 23.1 Å². The zero-order chi connectivity index (χ0) is 27.8. The van der Waals surface area contributed by atoms with Gasteiger partial charge in [0.2, 0.25) is 5.91 Å². The number of nitrogens with zero attached hydrogens (tertiary/aromatic N) is 4. The smallest absolute Gasteiger partial charge is 0.410 e. The molecule has 39 heavy (non-hydrogen) atoms. The summed E-state index contributed by atoms with van der Waals surface area (Å²) < 4.78 is 12.8. The first-order chi connectivity index (χ1) is 18.8. The highest BCUT2D eigenvalue weighted by Gasteiger charge is 2.60. The Morgan fingerprint density at radius 3 is 2.77 bits per heavy atom. The van der Waals surface area contributed by atoms with E-state index in [1.54, 1.807) is 23.2 Å². The van der Waals surface area contributed by atoms with Gasteiger partial charge in [-0.15, -0.1) is 23.1 Å². The van der Waals surface area contributed by atoms with E-state index in [0.717, 1.165) is 15.6 Å². The van der Waals surface area contributed by atoms with Crippen LogP contribution in [0, 0.1) is 11.8 Å². The molecule has 2 fully saturated rings. The molecule has 2 aromatic rings. The van der Waals surface area contributed by atoms with E-state index in [9.17, 15) is 19.5 Å². The van der Waals surface area contributed by atoms with E-state index in [1.165, 1.54) is 28.8 Å². The van der Waals surface area contributed by atoms with Crippen molar-refractivity contribution in [3.63, 3.8) is 0 Å². The lowest BCUT2D eigenvalue weighted by atomic mass is 9.79. The number of aromatic nitrogens is 2. The normalized spacial score (nSPS) is 26.9. The summed E-state index contributed by atoms with van der Waals surface area (Å²) in [5, 5.41) is 12.2. The van der Waals surface area contributed by atoms with Crippen molar-refractivity contribution < 1.29 is 29.0 Å². The van der Waals surface area contributed by atoms with Gasteiger partial charge in [0.1, 0.15) is 29.6 Å². The van der Waals surface area contributed by atoms with E-state index in [2.05, 4.69) is 18.1 Å². The number of amides is 2. The molecule has 3 aliphatic heterocycles. The number of fused-ring (bicyclic) bond motifs is 2. The minimum absolute atomic E-state index is 0.0248. The van der Waals surface area contributed by atoms with Gasteiger partial charge in [-0.1, -0.05) is 32.2 Å². The Balaban J connectivity index is 1.41. The predicted octanol–water partition coefficient (Wildman–Crippen LogP) is 3.24. The van der Waals surface area contributed by atoms with Gasteiger partial charge >= 0.3 is 12.1 Å². The number of β-lactam (4-membered cyclic amide) rings is 1. The second-order valence-corrected chi connectivity index (χ2v) is 12.3. The van der Waals surface area contributed by atoms with Gasteiger partial charge in [-0.3, -0.25) is 9.20 Å². The molecule has 0 spiro atoms. The number of ether oxygens (including phenoxy) is 2. The molecule has 0 saturated carbocycles. The number of aliphatic hydroxyl groups is 1. The summed E-state index contributed by atoms with van der Waals surface area (Å²) in [5.74, 6) is -0.744. The number of imidazole rings is 1. The maximum atomic E-state index is 13.1.